The van der Waals surface area contributed by atoms with Crippen molar-refractivity contribution in [3.8, 4) is 0 Å². The zero-order chi connectivity index (χ0) is 14.3. The molecule has 0 aliphatic carbocycles. The predicted octanol–water partition coefficient (Wildman–Crippen LogP) is 3.84. The first-order valence-electron chi connectivity index (χ1n) is 4.05. The Balaban J connectivity index is 5.39. The molecule has 0 aromatic rings. The van der Waals surface area contributed by atoms with E-state index in [9.17, 15) is 39.5 Å². The molecule has 17 heavy (non-hydrogen) atoms. The molecule has 0 spiro atoms. The molecule has 10 heteroatoms. The van der Waals surface area contributed by atoms with E-state index in [1.54, 1.807) is 0 Å². The number of alkyl halides is 9. The molecule has 0 rings (SSSR count). The second-order valence-electron chi connectivity index (χ2n) is 3.33. The third-order valence-corrected chi connectivity index (χ3v) is 1.50. The summed E-state index contributed by atoms with van der Waals surface area (Å²) in [6.07, 6.45) is -14.4. The molecule has 0 aliphatic rings. The Morgan fingerprint density at radius 1 is 0.706 bits per heavy atom. The van der Waals surface area contributed by atoms with Crippen LogP contribution in [0.4, 0.5) is 39.5 Å². The Kier molecular flexibility index (Phi) is 4.05. The van der Waals surface area contributed by atoms with Gasteiger partial charge in [0.1, 0.15) is 0 Å². The van der Waals surface area contributed by atoms with Crippen LogP contribution in [0.5, 0.6) is 0 Å². The molecule has 0 fully saturated rings. The first-order valence-corrected chi connectivity index (χ1v) is 4.05. The molecular formula is C7H7F9O. The van der Waals surface area contributed by atoms with Gasteiger partial charge in [-0.25, -0.2) is 0 Å². The van der Waals surface area contributed by atoms with Crippen LogP contribution < -0.4 is 0 Å². The van der Waals surface area contributed by atoms with Crippen LogP contribution in [0.1, 0.15) is 13.8 Å². The first kappa shape index (κ1) is 16.3. The first-order chi connectivity index (χ1) is 7.17. The van der Waals surface area contributed by atoms with Gasteiger partial charge in [0.05, 0.1) is 6.10 Å². The van der Waals surface area contributed by atoms with E-state index in [0.29, 0.717) is 0 Å². The van der Waals surface area contributed by atoms with Crippen LogP contribution in [-0.4, -0.2) is 30.2 Å². The molecule has 0 aromatic heterocycles. The minimum absolute atomic E-state index is 0.774. The fourth-order valence-electron chi connectivity index (χ4n) is 0.731. The Labute approximate surface area is 89.5 Å². The molecule has 104 valence electrons. The van der Waals surface area contributed by atoms with Gasteiger partial charge >= 0.3 is 24.1 Å². The third-order valence-electron chi connectivity index (χ3n) is 1.50. The standard InChI is InChI=1S/C7H7F9O/c1-3(2)17-7(15,16)5(10,11)4(8,9)6(12,13)14/h3H,1-2H3. The quantitative estimate of drug-likeness (QED) is 0.710. The van der Waals surface area contributed by atoms with Crippen LogP contribution in [0.2, 0.25) is 0 Å². The highest BCUT2D eigenvalue weighted by Gasteiger charge is 2.82. The summed E-state index contributed by atoms with van der Waals surface area (Å²) >= 11 is 0. The molecule has 0 atom stereocenters. The Morgan fingerprint density at radius 2 is 1.06 bits per heavy atom. The van der Waals surface area contributed by atoms with Crippen molar-refractivity contribution in [1.29, 1.82) is 0 Å². The van der Waals surface area contributed by atoms with Gasteiger partial charge in [-0.2, -0.15) is 39.5 Å². The monoisotopic (exact) mass is 278 g/mol. The second-order valence-corrected chi connectivity index (χ2v) is 3.33. The normalized spacial score (nSPS) is 15.5. The van der Waals surface area contributed by atoms with Gasteiger partial charge in [-0.05, 0) is 13.8 Å². The van der Waals surface area contributed by atoms with Gasteiger partial charge in [-0.1, -0.05) is 0 Å². The third kappa shape index (κ3) is 2.78. The summed E-state index contributed by atoms with van der Waals surface area (Å²) in [5.41, 5.74) is 0. The molecule has 0 amide bonds. The molecule has 0 heterocycles. The summed E-state index contributed by atoms with van der Waals surface area (Å²) in [7, 11) is 0. The van der Waals surface area contributed by atoms with Crippen molar-refractivity contribution in [2.45, 2.75) is 44.1 Å². The maximum atomic E-state index is 12.5. The van der Waals surface area contributed by atoms with E-state index in [1.165, 1.54) is 0 Å². The number of hydrogen-bond donors (Lipinski definition) is 0. The van der Waals surface area contributed by atoms with Crippen molar-refractivity contribution in [3.05, 3.63) is 0 Å². The lowest BCUT2D eigenvalue weighted by molar-refractivity contribution is -0.448. The minimum atomic E-state index is -6.90. The van der Waals surface area contributed by atoms with Crippen molar-refractivity contribution in [2.24, 2.45) is 0 Å². The predicted molar refractivity (Wildman–Crippen MR) is 37.1 cm³/mol. The molecule has 0 saturated heterocycles. The van der Waals surface area contributed by atoms with Gasteiger partial charge < -0.3 is 4.74 Å². The highest BCUT2D eigenvalue weighted by atomic mass is 19.4. The molecule has 1 nitrogen and oxygen atoms in total. The SMILES string of the molecule is CC(C)OC(F)(F)C(F)(F)C(F)(F)C(F)(F)F. The van der Waals surface area contributed by atoms with E-state index in [0.717, 1.165) is 13.8 Å². The molecule has 0 radical (unpaired) electrons. The largest absolute Gasteiger partial charge is 0.460 e. The van der Waals surface area contributed by atoms with Crippen LogP contribution in [-0.2, 0) is 4.74 Å². The lowest BCUT2D eigenvalue weighted by Gasteiger charge is -2.33. The zero-order valence-corrected chi connectivity index (χ0v) is 8.39. The summed E-state index contributed by atoms with van der Waals surface area (Å²) in [5, 5.41) is 0. The van der Waals surface area contributed by atoms with E-state index in [1.807, 2.05) is 0 Å². The number of ether oxygens (including phenoxy) is 1. The number of rotatable bonds is 4. The summed E-state index contributed by atoms with van der Waals surface area (Å²) < 4.78 is 112. The maximum Gasteiger partial charge on any atom is 0.460 e. The summed E-state index contributed by atoms with van der Waals surface area (Å²) in [5.74, 6) is -13.6. The fourth-order valence-corrected chi connectivity index (χ4v) is 0.731. The van der Waals surface area contributed by atoms with Crippen molar-refractivity contribution < 1.29 is 44.3 Å². The van der Waals surface area contributed by atoms with E-state index in [-0.39, 0.29) is 0 Å². The van der Waals surface area contributed by atoms with Gasteiger partial charge in [-0.15, -0.1) is 0 Å². The van der Waals surface area contributed by atoms with Crippen molar-refractivity contribution >= 4 is 0 Å². The van der Waals surface area contributed by atoms with E-state index < -0.39 is 30.2 Å². The Hall–Kier alpha value is -0.670. The summed E-state index contributed by atoms with van der Waals surface area (Å²) in [4.78, 5) is 0. The Morgan fingerprint density at radius 3 is 1.29 bits per heavy atom. The van der Waals surface area contributed by atoms with Crippen LogP contribution >= 0.6 is 0 Å². The highest BCUT2D eigenvalue weighted by molar-refractivity contribution is 4.96. The molecule has 0 aliphatic heterocycles. The van der Waals surface area contributed by atoms with Gasteiger partial charge in [0.2, 0.25) is 0 Å². The van der Waals surface area contributed by atoms with E-state index >= 15 is 0 Å². The molecule has 0 unspecified atom stereocenters. The van der Waals surface area contributed by atoms with E-state index in [2.05, 4.69) is 4.74 Å². The zero-order valence-electron chi connectivity index (χ0n) is 8.39. The molecule has 0 bridgehead atoms. The highest BCUT2D eigenvalue weighted by Crippen LogP contribution is 2.53. The summed E-state index contributed by atoms with van der Waals surface area (Å²) in [6, 6.07) is 0. The van der Waals surface area contributed by atoms with Gasteiger partial charge in [0.15, 0.2) is 0 Å². The second kappa shape index (κ2) is 4.21. The van der Waals surface area contributed by atoms with Crippen LogP contribution in [0.15, 0.2) is 0 Å². The molecule has 0 aromatic carbocycles. The van der Waals surface area contributed by atoms with Crippen molar-refractivity contribution in [3.63, 3.8) is 0 Å². The minimum Gasteiger partial charge on any atom is -0.313 e. The fraction of sp³-hybridized carbons (Fsp3) is 1.00. The molecule has 0 saturated carbocycles. The average molecular weight is 278 g/mol. The molecule has 0 N–H and O–H groups in total. The number of hydrogen-bond acceptors (Lipinski definition) is 1. The topological polar surface area (TPSA) is 9.23 Å². The summed E-state index contributed by atoms with van der Waals surface area (Å²) in [6.45, 7) is 1.55. The average Bonchev–Trinajstić information content (AvgIpc) is 1.98. The van der Waals surface area contributed by atoms with E-state index in [4.69, 9.17) is 0 Å². The van der Waals surface area contributed by atoms with Gasteiger partial charge in [0, 0.05) is 0 Å². The maximum absolute atomic E-state index is 12.5. The van der Waals surface area contributed by atoms with Crippen LogP contribution in [0, 0.1) is 0 Å². The number of halogens is 9. The lowest BCUT2D eigenvalue weighted by atomic mass is 10.1. The Bertz CT molecular complexity index is 267. The van der Waals surface area contributed by atoms with Crippen LogP contribution in [0.25, 0.3) is 0 Å². The smallest absolute Gasteiger partial charge is 0.313 e. The molecular weight excluding hydrogens is 271 g/mol. The van der Waals surface area contributed by atoms with Crippen LogP contribution in [0.3, 0.4) is 0 Å². The van der Waals surface area contributed by atoms with Crippen molar-refractivity contribution in [2.75, 3.05) is 0 Å². The van der Waals surface area contributed by atoms with Gasteiger partial charge in [-0.3, -0.25) is 0 Å². The lowest BCUT2D eigenvalue weighted by Crippen LogP contribution is -2.62. The van der Waals surface area contributed by atoms with Crippen molar-refractivity contribution in [1.82, 2.24) is 0 Å². The van der Waals surface area contributed by atoms with Gasteiger partial charge in [0.25, 0.3) is 0 Å².